The zero-order valence-electron chi connectivity index (χ0n) is 8.23. The molecule has 1 N–H and O–H groups in total. The molecule has 0 saturated carbocycles. The monoisotopic (exact) mass is 201 g/mol. The summed E-state index contributed by atoms with van der Waals surface area (Å²) in [5, 5.41) is 10.1. The van der Waals surface area contributed by atoms with Gasteiger partial charge in [0.25, 0.3) is 0 Å². The van der Waals surface area contributed by atoms with Gasteiger partial charge in [0.2, 0.25) is 5.91 Å². The molecule has 0 bridgehead atoms. The maximum Gasteiger partial charge on any atom is 0.307 e. The summed E-state index contributed by atoms with van der Waals surface area (Å²) in [5.74, 6) is -0.708. The Kier molecular flexibility index (Phi) is 3.88. The lowest BCUT2D eigenvalue weighted by atomic mass is 10.1. The van der Waals surface area contributed by atoms with E-state index in [1.165, 1.54) is 7.11 Å². The SMILES string of the molecule is COC(=O)C[C@H]1CCCCC(=O)N1O. The Balaban J connectivity index is 2.56. The third kappa shape index (κ3) is 2.70. The zero-order valence-corrected chi connectivity index (χ0v) is 8.23. The summed E-state index contributed by atoms with van der Waals surface area (Å²) in [5.41, 5.74) is 0. The van der Waals surface area contributed by atoms with Crippen LogP contribution in [0, 0.1) is 0 Å². The van der Waals surface area contributed by atoms with E-state index in [1.807, 2.05) is 0 Å². The molecule has 0 spiro atoms. The Hall–Kier alpha value is -1.10. The van der Waals surface area contributed by atoms with Gasteiger partial charge < -0.3 is 4.74 Å². The van der Waals surface area contributed by atoms with Gasteiger partial charge in [0.05, 0.1) is 19.6 Å². The number of hydrogen-bond donors (Lipinski definition) is 1. The first-order valence-corrected chi connectivity index (χ1v) is 4.73. The van der Waals surface area contributed by atoms with Crippen molar-refractivity contribution < 1.29 is 19.5 Å². The van der Waals surface area contributed by atoms with Gasteiger partial charge in [-0.05, 0) is 12.8 Å². The van der Waals surface area contributed by atoms with Crippen molar-refractivity contribution in [1.82, 2.24) is 5.06 Å². The topological polar surface area (TPSA) is 66.8 Å². The molecule has 0 unspecified atom stereocenters. The summed E-state index contributed by atoms with van der Waals surface area (Å²) in [7, 11) is 1.29. The van der Waals surface area contributed by atoms with Crippen molar-refractivity contribution in [1.29, 1.82) is 0 Å². The number of hydrogen-bond acceptors (Lipinski definition) is 4. The lowest BCUT2D eigenvalue weighted by Gasteiger charge is -2.22. The molecule has 1 fully saturated rings. The summed E-state index contributed by atoms with van der Waals surface area (Å²) in [6.07, 6.45) is 2.70. The fourth-order valence-electron chi connectivity index (χ4n) is 1.56. The average molecular weight is 201 g/mol. The second-order valence-corrected chi connectivity index (χ2v) is 3.42. The highest BCUT2D eigenvalue weighted by atomic mass is 16.5. The van der Waals surface area contributed by atoms with E-state index in [0.717, 1.165) is 12.8 Å². The van der Waals surface area contributed by atoms with Crippen LogP contribution in [0.25, 0.3) is 0 Å². The second kappa shape index (κ2) is 4.95. The Bertz CT molecular complexity index is 229. The van der Waals surface area contributed by atoms with Crippen LogP contribution >= 0.6 is 0 Å². The lowest BCUT2D eigenvalue weighted by Crippen LogP contribution is -2.37. The molecule has 0 aromatic carbocycles. The van der Waals surface area contributed by atoms with Gasteiger partial charge >= 0.3 is 5.97 Å². The number of hydroxylamine groups is 2. The molecule has 80 valence electrons. The molecule has 1 heterocycles. The van der Waals surface area contributed by atoms with Crippen LogP contribution in [0.15, 0.2) is 0 Å². The van der Waals surface area contributed by atoms with E-state index in [2.05, 4.69) is 4.74 Å². The van der Waals surface area contributed by atoms with Crippen molar-refractivity contribution >= 4 is 11.9 Å². The van der Waals surface area contributed by atoms with Crippen LogP contribution in [-0.4, -0.2) is 35.3 Å². The van der Waals surface area contributed by atoms with Gasteiger partial charge in [-0.2, -0.15) is 0 Å². The molecule has 1 saturated heterocycles. The first-order valence-electron chi connectivity index (χ1n) is 4.73. The summed E-state index contributed by atoms with van der Waals surface area (Å²) in [4.78, 5) is 22.2. The van der Waals surface area contributed by atoms with Crippen molar-refractivity contribution in [3.05, 3.63) is 0 Å². The minimum Gasteiger partial charge on any atom is -0.469 e. The molecule has 1 atom stereocenters. The quantitative estimate of drug-likeness (QED) is 0.527. The summed E-state index contributed by atoms with van der Waals surface area (Å²) >= 11 is 0. The molecule has 1 aliphatic rings. The van der Waals surface area contributed by atoms with Gasteiger partial charge in [0.15, 0.2) is 0 Å². The molecule has 1 amide bonds. The Labute approximate surface area is 82.6 Å². The van der Waals surface area contributed by atoms with E-state index < -0.39 is 12.0 Å². The first kappa shape index (κ1) is 11.0. The molecule has 14 heavy (non-hydrogen) atoms. The van der Waals surface area contributed by atoms with E-state index in [-0.39, 0.29) is 12.3 Å². The minimum atomic E-state index is -0.419. The predicted octanol–water partition coefficient (Wildman–Crippen LogP) is 0.710. The van der Waals surface area contributed by atoms with Gasteiger partial charge in [-0.15, -0.1) is 0 Å². The van der Waals surface area contributed by atoms with Crippen LogP contribution in [0.1, 0.15) is 32.1 Å². The number of ether oxygens (including phenoxy) is 1. The lowest BCUT2D eigenvalue weighted by molar-refractivity contribution is -0.177. The fraction of sp³-hybridized carbons (Fsp3) is 0.778. The molecule has 0 aromatic heterocycles. The molecule has 0 aromatic rings. The van der Waals surface area contributed by atoms with Crippen LogP contribution < -0.4 is 0 Å². The van der Waals surface area contributed by atoms with Crippen molar-refractivity contribution in [3.8, 4) is 0 Å². The second-order valence-electron chi connectivity index (χ2n) is 3.42. The number of esters is 1. The fourth-order valence-corrected chi connectivity index (χ4v) is 1.56. The Morgan fingerprint density at radius 2 is 2.36 bits per heavy atom. The van der Waals surface area contributed by atoms with Crippen molar-refractivity contribution in [2.24, 2.45) is 0 Å². The summed E-state index contributed by atoms with van der Waals surface area (Å²) in [6, 6.07) is -0.419. The minimum absolute atomic E-state index is 0.0682. The zero-order chi connectivity index (χ0) is 10.6. The molecule has 5 heteroatoms. The summed E-state index contributed by atoms with van der Waals surface area (Å²) < 4.78 is 4.49. The van der Waals surface area contributed by atoms with Crippen molar-refractivity contribution in [2.45, 2.75) is 38.1 Å². The average Bonchev–Trinajstić information content (AvgIpc) is 2.33. The van der Waals surface area contributed by atoms with E-state index in [4.69, 9.17) is 0 Å². The normalized spacial score (nSPS) is 23.1. The van der Waals surface area contributed by atoms with Gasteiger partial charge in [-0.1, -0.05) is 6.42 Å². The maximum absolute atomic E-state index is 11.2. The van der Waals surface area contributed by atoms with Gasteiger partial charge in [0.1, 0.15) is 0 Å². The van der Waals surface area contributed by atoms with Gasteiger partial charge in [0, 0.05) is 6.42 Å². The molecular weight excluding hydrogens is 186 g/mol. The smallest absolute Gasteiger partial charge is 0.307 e. The van der Waals surface area contributed by atoms with Crippen LogP contribution in [-0.2, 0) is 14.3 Å². The van der Waals surface area contributed by atoms with E-state index in [1.54, 1.807) is 0 Å². The van der Waals surface area contributed by atoms with E-state index in [0.29, 0.717) is 17.9 Å². The van der Waals surface area contributed by atoms with E-state index in [9.17, 15) is 14.8 Å². The number of amides is 1. The van der Waals surface area contributed by atoms with Crippen LogP contribution in [0.2, 0.25) is 0 Å². The number of nitrogens with zero attached hydrogens (tertiary/aromatic N) is 1. The third-order valence-corrected chi connectivity index (χ3v) is 2.41. The van der Waals surface area contributed by atoms with Crippen LogP contribution in [0.5, 0.6) is 0 Å². The van der Waals surface area contributed by atoms with Crippen molar-refractivity contribution in [2.75, 3.05) is 7.11 Å². The first-order chi connectivity index (χ1) is 6.65. The van der Waals surface area contributed by atoms with E-state index >= 15 is 0 Å². The van der Waals surface area contributed by atoms with Gasteiger partial charge in [-0.25, -0.2) is 5.06 Å². The molecule has 0 radical (unpaired) electrons. The Morgan fingerprint density at radius 1 is 1.64 bits per heavy atom. The molecule has 0 aliphatic carbocycles. The van der Waals surface area contributed by atoms with Gasteiger partial charge in [-0.3, -0.25) is 14.8 Å². The number of methoxy groups -OCH3 is 1. The predicted molar refractivity (Wildman–Crippen MR) is 47.5 cm³/mol. The van der Waals surface area contributed by atoms with Crippen molar-refractivity contribution in [3.63, 3.8) is 0 Å². The third-order valence-electron chi connectivity index (χ3n) is 2.41. The molecule has 5 nitrogen and oxygen atoms in total. The number of carbonyl (C=O) groups is 2. The standard InChI is InChI=1S/C9H15NO4/c1-14-9(12)6-7-4-2-3-5-8(11)10(7)13/h7,13H,2-6H2,1H3/t7-/m1/s1. The highest BCUT2D eigenvalue weighted by Gasteiger charge is 2.27. The van der Waals surface area contributed by atoms with Crippen LogP contribution in [0.4, 0.5) is 0 Å². The highest BCUT2D eigenvalue weighted by Crippen LogP contribution is 2.18. The highest BCUT2D eigenvalue weighted by molar-refractivity contribution is 5.77. The Morgan fingerprint density at radius 3 is 3.00 bits per heavy atom. The summed E-state index contributed by atoms with van der Waals surface area (Å²) in [6.45, 7) is 0. The van der Waals surface area contributed by atoms with Crippen LogP contribution in [0.3, 0.4) is 0 Å². The maximum atomic E-state index is 11.2. The molecule has 1 aliphatic heterocycles. The largest absolute Gasteiger partial charge is 0.469 e. The number of rotatable bonds is 2. The molecular formula is C9H15NO4. The number of carbonyl (C=O) groups excluding carboxylic acids is 2. The molecule has 1 rings (SSSR count).